The molecule has 3 amide bonds. The highest BCUT2D eigenvalue weighted by Gasteiger charge is 2.11. The van der Waals surface area contributed by atoms with Gasteiger partial charge in [0.25, 0.3) is 5.91 Å². The van der Waals surface area contributed by atoms with Gasteiger partial charge < -0.3 is 9.73 Å². The third-order valence-electron chi connectivity index (χ3n) is 2.30. The SMILES string of the molecule is Cc1nnc(CNC(=O)NC(=O)c2ccc(Cl)cc2)o1. The molecule has 20 heavy (non-hydrogen) atoms. The van der Waals surface area contributed by atoms with E-state index in [4.69, 9.17) is 16.0 Å². The van der Waals surface area contributed by atoms with Crippen molar-refractivity contribution in [1.82, 2.24) is 20.8 Å². The number of aryl methyl sites for hydroxylation is 1. The molecular weight excluding hydrogens is 284 g/mol. The van der Waals surface area contributed by atoms with Crippen molar-refractivity contribution >= 4 is 23.5 Å². The quantitative estimate of drug-likeness (QED) is 0.897. The van der Waals surface area contributed by atoms with Gasteiger partial charge in [-0.2, -0.15) is 0 Å². The van der Waals surface area contributed by atoms with Crippen LogP contribution in [0.1, 0.15) is 22.1 Å². The summed E-state index contributed by atoms with van der Waals surface area (Å²) in [4.78, 5) is 23.2. The fourth-order valence-electron chi connectivity index (χ4n) is 1.39. The number of carbonyl (C=O) groups excluding carboxylic acids is 2. The summed E-state index contributed by atoms with van der Waals surface area (Å²) < 4.78 is 5.07. The summed E-state index contributed by atoms with van der Waals surface area (Å²) in [5, 5.41) is 12.4. The lowest BCUT2D eigenvalue weighted by molar-refractivity contribution is 0.0963. The molecule has 0 unspecified atom stereocenters. The van der Waals surface area contributed by atoms with E-state index in [-0.39, 0.29) is 12.4 Å². The van der Waals surface area contributed by atoms with Gasteiger partial charge in [0, 0.05) is 17.5 Å². The van der Waals surface area contributed by atoms with Crippen molar-refractivity contribution in [3.8, 4) is 0 Å². The van der Waals surface area contributed by atoms with Crippen molar-refractivity contribution in [1.29, 1.82) is 0 Å². The molecule has 0 aliphatic rings. The first-order valence-electron chi connectivity index (χ1n) is 5.68. The number of hydrogen-bond donors (Lipinski definition) is 2. The molecule has 1 heterocycles. The van der Waals surface area contributed by atoms with Crippen molar-refractivity contribution in [3.05, 3.63) is 46.6 Å². The van der Waals surface area contributed by atoms with E-state index in [0.717, 1.165) is 0 Å². The van der Waals surface area contributed by atoms with Crippen LogP contribution in [0.3, 0.4) is 0 Å². The Labute approximate surface area is 119 Å². The van der Waals surface area contributed by atoms with Crippen molar-refractivity contribution in [2.45, 2.75) is 13.5 Å². The molecule has 2 rings (SSSR count). The molecule has 104 valence electrons. The molecule has 8 heteroatoms. The predicted molar refractivity (Wildman–Crippen MR) is 70.2 cm³/mol. The number of imide groups is 1. The van der Waals surface area contributed by atoms with Gasteiger partial charge in [-0.05, 0) is 24.3 Å². The number of hydrogen-bond acceptors (Lipinski definition) is 5. The van der Waals surface area contributed by atoms with Gasteiger partial charge in [-0.25, -0.2) is 4.79 Å². The number of amides is 3. The summed E-state index contributed by atoms with van der Waals surface area (Å²) in [5.74, 6) is 0.136. The summed E-state index contributed by atoms with van der Waals surface area (Å²) in [6.07, 6.45) is 0. The molecule has 2 aromatic rings. The molecule has 0 spiro atoms. The predicted octanol–water partition coefficient (Wildman–Crippen LogP) is 1.67. The fraction of sp³-hybridized carbons (Fsp3) is 0.167. The first-order valence-corrected chi connectivity index (χ1v) is 6.06. The van der Waals surface area contributed by atoms with Gasteiger partial charge in [0.2, 0.25) is 11.8 Å². The van der Waals surface area contributed by atoms with Crippen LogP contribution in [0.5, 0.6) is 0 Å². The maximum absolute atomic E-state index is 11.7. The zero-order valence-corrected chi connectivity index (χ0v) is 11.3. The number of rotatable bonds is 3. The summed E-state index contributed by atoms with van der Waals surface area (Å²) in [6.45, 7) is 1.68. The number of nitrogens with one attached hydrogen (secondary N) is 2. The van der Waals surface area contributed by atoms with Crippen LogP contribution in [0.15, 0.2) is 28.7 Å². The minimum atomic E-state index is -0.652. The maximum atomic E-state index is 11.7. The van der Waals surface area contributed by atoms with E-state index in [0.29, 0.717) is 16.5 Å². The number of urea groups is 1. The fourth-order valence-corrected chi connectivity index (χ4v) is 1.51. The molecule has 0 aliphatic carbocycles. The molecule has 1 aromatic heterocycles. The van der Waals surface area contributed by atoms with Gasteiger partial charge in [0.1, 0.15) is 0 Å². The van der Waals surface area contributed by atoms with E-state index in [9.17, 15) is 9.59 Å². The van der Waals surface area contributed by atoms with E-state index in [1.165, 1.54) is 12.1 Å². The van der Waals surface area contributed by atoms with E-state index < -0.39 is 11.9 Å². The summed E-state index contributed by atoms with van der Waals surface area (Å²) in [6, 6.07) is 5.52. The molecule has 0 fully saturated rings. The van der Waals surface area contributed by atoms with Crippen LogP contribution in [0.4, 0.5) is 4.79 Å². The van der Waals surface area contributed by atoms with Gasteiger partial charge in [-0.1, -0.05) is 11.6 Å². The molecular formula is C12H11ClN4O3. The van der Waals surface area contributed by atoms with Crippen molar-refractivity contribution < 1.29 is 14.0 Å². The summed E-state index contributed by atoms with van der Waals surface area (Å²) in [7, 11) is 0. The molecule has 7 nitrogen and oxygen atoms in total. The van der Waals surface area contributed by atoms with Gasteiger partial charge >= 0.3 is 6.03 Å². The second-order valence-corrected chi connectivity index (χ2v) is 4.29. The van der Waals surface area contributed by atoms with Crippen LogP contribution in [0.25, 0.3) is 0 Å². The Morgan fingerprint density at radius 1 is 1.25 bits per heavy atom. The summed E-state index contributed by atoms with van der Waals surface area (Å²) >= 11 is 5.71. The molecule has 0 bridgehead atoms. The Balaban J connectivity index is 1.85. The van der Waals surface area contributed by atoms with Crippen molar-refractivity contribution in [2.75, 3.05) is 0 Å². The third-order valence-corrected chi connectivity index (χ3v) is 2.55. The molecule has 2 N–H and O–H groups in total. The molecule has 0 saturated heterocycles. The average Bonchev–Trinajstić information content (AvgIpc) is 2.83. The number of nitrogens with zero attached hydrogens (tertiary/aromatic N) is 2. The molecule has 1 aromatic carbocycles. The lowest BCUT2D eigenvalue weighted by Crippen LogP contribution is -2.39. The maximum Gasteiger partial charge on any atom is 0.322 e. The highest BCUT2D eigenvalue weighted by atomic mass is 35.5. The van der Waals surface area contributed by atoms with Crippen LogP contribution in [-0.4, -0.2) is 22.1 Å². The normalized spacial score (nSPS) is 10.1. The lowest BCUT2D eigenvalue weighted by Gasteiger charge is -2.04. The highest BCUT2D eigenvalue weighted by Crippen LogP contribution is 2.09. The Kier molecular flexibility index (Phi) is 4.31. The standard InChI is InChI=1S/C12H11ClN4O3/c1-7-16-17-10(20-7)6-14-12(19)15-11(18)8-2-4-9(13)5-3-8/h2-5H,6H2,1H3,(H2,14,15,18,19). The van der Waals surface area contributed by atoms with Crippen LogP contribution in [0.2, 0.25) is 5.02 Å². The number of halogens is 1. The molecule has 0 saturated carbocycles. The smallest absolute Gasteiger partial charge is 0.322 e. The first-order chi connectivity index (χ1) is 9.54. The third kappa shape index (κ3) is 3.79. The summed E-state index contributed by atoms with van der Waals surface area (Å²) in [5.41, 5.74) is 0.332. The largest absolute Gasteiger partial charge is 0.424 e. The minimum absolute atomic E-state index is 0.0422. The Hall–Kier alpha value is -2.41. The number of aromatic nitrogens is 2. The van der Waals surface area contributed by atoms with Crippen LogP contribution < -0.4 is 10.6 Å². The van der Waals surface area contributed by atoms with E-state index in [1.54, 1.807) is 19.1 Å². The molecule has 0 atom stereocenters. The first kappa shape index (κ1) is 14.0. The highest BCUT2D eigenvalue weighted by molar-refractivity contribution is 6.30. The van der Waals surface area contributed by atoms with E-state index in [2.05, 4.69) is 20.8 Å². The van der Waals surface area contributed by atoms with Gasteiger partial charge in [0.05, 0.1) is 6.54 Å². The average molecular weight is 295 g/mol. The van der Waals surface area contributed by atoms with Crippen molar-refractivity contribution in [2.24, 2.45) is 0 Å². The lowest BCUT2D eigenvalue weighted by atomic mass is 10.2. The Morgan fingerprint density at radius 2 is 1.95 bits per heavy atom. The Bertz CT molecular complexity index is 624. The van der Waals surface area contributed by atoms with Gasteiger partial charge in [-0.15, -0.1) is 10.2 Å². The van der Waals surface area contributed by atoms with Gasteiger partial charge in [0.15, 0.2) is 0 Å². The molecule has 0 aliphatic heterocycles. The molecule has 0 radical (unpaired) electrons. The van der Waals surface area contributed by atoms with Crippen LogP contribution in [-0.2, 0) is 6.54 Å². The monoisotopic (exact) mass is 294 g/mol. The van der Waals surface area contributed by atoms with E-state index >= 15 is 0 Å². The second kappa shape index (κ2) is 6.16. The Morgan fingerprint density at radius 3 is 2.55 bits per heavy atom. The zero-order valence-electron chi connectivity index (χ0n) is 10.5. The number of carbonyl (C=O) groups is 2. The number of benzene rings is 1. The van der Waals surface area contributed by atoms with Crippen LogP contribution >= 0.6 is 11.6 Å². The van der Waals surface area contributed by atoms with Gasteiger partial charge in [-0.3, -0.25) is 10.1 Å². The van der Waals surface area contributed by atoms with E-state index in [1.807, 2.05) is 0 Å². The topological polar surface area (TPSA) is 97.1 Å². The van der Waals surface area contributed by atoms with Crippen molar-refractivity contribution in [3.63, 3.8) is 0 Å². The zero-order chi connectivity index (χ0) is 14.5. The second-order valence-electron chi connectivity index (χ2n) is 3.86. The van der Waals surface area contributed by atoms with Crippen LogP contribution in [0, 0.1) is 6.92 Å². The minimum Gasteiger partial charge on any atom is -0.424 e.